The van der Waals surface area contributed by atoms with E-state index in [2.05, 4.69) is 19.2 Å². The van der Waals surface area contributed by atoms with Gasteiger partial charge in [0.2, 0.25) is 0 Å². The fraction of sp³-hybridized carbons (Fsp3) is 1.00. The van der Waals surface area contributed by atoms with Gasteiger partial charge in [-0.2, -0.15) is 0 Å². The summed E-state index contributed by atoms with van der Waals surface area (Å²) in [5.74, 6) is 1.75. The van der Waals surface area contributed by atoms with E-state index in [9.17, 15) is 0 Å². The molecule has 1 heterocycles. The van der Waals surface area contributed by atoms with Crippen LogP contribution in [-0.2, 0) is 4.74 Å². The minimum Gasteiger partial charge on any atom is -0.377 e. The number of ether oxygens (including phenoxy) is 1. The molecule has 2 fully saturated rings. The van der Waals surface area contributed by atoms with Crippen molar-refractivity contribution in [2.45, 2.75) is 58.1 Å². The predicted octanol–water partition coefficient (Wildman–Crippen LogP) is 2.58. The third kappa shape index (κ3) is 3.18. The first-order valence-corrected chi connectivity index (χ1v) is 6.60. The van der Waals surface area contributed by atoms with E-state index < -0.39 is 0 Å². The Kier molecular flexibility index (Phi) is 4.04. The molecular weight excluding hydrogens is 186 g/mol. The molecule has 15 heavy (non-hydrogen) atoms. The molecule has 4 atom stereocenters. The first kappa shape index (κ1) is 11.4. The van der Waals surface area contributed by atoms with Crippen LogP contribution in [0.3, 0.4) is 0 Å². The van der Waals surface area contributed by atoms with Crippen molar-refractivity contribution in [2.75, 3.05) is 13.2 Å². The Morgan fingerprint density at radius 2 is 2.00 bits per heavy atom. The van der Waals surface area contributed by atoms with Crippen molar-refractivity contribution in [3.63, 3.8) is 0 Å². The average Bonchev–Trinajstić information content (AvgIpc) is 2.73. The Balaban J connectivity index is 1.66. The summed E-state index contributed by atoms with van der Waals surface area (Å²) in [5.41, 5.74) is 0. The van der Waals surface area contributed by atoms with Crippen molar-refractivity contribution < 1.29 is 4.74 Å². The highest BCUT2D eigenvalue weighted by molar-refractivity contribution is 4.78. The number of hydrogen-bond acceptors (Lipinski definition) is 2. The van der Waals surface area contributed by atoms with Gasteiger partial charge in [0.15, 0.2) is 0 Å². The number of hydrogen-bond donors (Lipinski definition) is 1. The van der Waals surface area contributed by atoms with Crippen LogP contribution in [0.15, 0.2) is 0 Å². The predicted molar refractivity (Wildman–Crippen MR) is 62.9 cm³/mol. The van der Waals surface area contributed by atoms with Crippen LogP contribution >= 0.6 is 0 Å². The lowest BCUT2D eigenvalue weighted by Crippen LogP contribution is -2.32. The normalized spacial score (nSPS) is 42.0. The van der Waals surface area contributed by atoms with Crippen molar-refractivity contribution in [2.24, 2.45) is 11.8 Å². The summed E-state index contributed by atoms with van der Waals surface area (Å²) in [5, 5.41) is 3.49. The van der Waals surface area contributed by atoms with E-state index in [0.29, 0.717) is 12.1 Å². The van der Waals surface area contributed by atoms with E-state index in [0.717, 1.165) is 18.4 Å². The van der Waals surface area contributed by atoms with Gasteiger partial charge in [-0.25, -0.2) is 0 Å². The summed E-state index contributed by atoms with van der Waals surface area (Å²) in [6.07, 6.45) is 7.07. The summed E-state index contributed by atoms with van der Waals surface area (Å²) in [4.78, 5) is 0. The van der Waals surface area contributed by atoms with Crippen LogP contribution in [0.25, 0.3) is 0 Å². The van der Waals surface area contributed by atoms with Gasteiger partial charge in [0.05, 0.1) is 12.7 Å². The van der Waals surface area contributed by atoms with E-state index in [1.54, 1.807) is 0 Å². The van der Waals surface area contributed by atoms with Crippen molar-refractivity contribution in [3.05, 3.63) is 0 Å². The zero-order valence-electron chi connectivity index (χ0n) is 10.2. The van der Waals surface area contributed by atoms with Crippen LogP contribution < -0.4 is 5.32 Å². The van der Waals surface area contributed by atoms with Gasteiger partial charge < -0.3 is 10.1 Å². The van der Waals surface area contributed by atoms with Gasteiger partial charge >= 0.3 is 0 Å². The van der Waals surface area contributed by atoms with Gasteiger partial charge in [0.1, 0.15) is 0 Å². The monoisotopic (exact) mass is 211 g/mol. The van der Waals surface area contributed by atoms with E-state index >= 15 is 0 Å². The van der Waals surface area contributed by atoms with Crippen LogP contribution in [0.4, 0.5) is 0 Å². The van der Waals surface area contributed by atoms with E-state index in [4.69, 9.17) is 4.74 Å². The molecule has 1 aliphatic carbocycles. The zero-order chi connectivity index (χ0) is 10.7. The Morgan fingerprint density at radius 3 is 2.67 bits per heavy atom. The molecule has 2 rings (SSSR count). The highest BCUT2D eigenvalue weighted by atomic mass is 16.5. The van der Waals surface area contributed by atoms with E-state index in [-0.39, 0.29) is 0 Å². The van der Waals surface area contributed by atoms with Crippen molar-refractivity contribution in [1.29, 1.82) is 0 Å². The van der Waals surface area contributed by atoms with Gasteiger partial charge in [-0.15, -0.1) is 0 Å². The molecule has 1 aliphatic heterocycles. The fourth-order valence-electron chi connectivity index (χ4n) is 2.80. The summed E-state index contributed by atoms with van der Waals surface area (Å²) in [6.45, 7) is 6.87. The maximum atomic E-state index is 6.02. The highest BCUT2D eigenvalue weighted by Crippen LogP contribution is 2.31. The SMILES string of the molecule is CC1CCC(OC[C@@H]2CCCN2)CC1C. The Hall–Kier alpha value is -0.0800. The minimum absolute atomic E-state index is 0.540. The molecule has 0 spiro atoms. The van der Waals surface area contributed by atoms with Crippen LogP contribution in [0, 0.1) is 11.8 Å². The molecule has 3 unspecified atom stereocenters. The number of nitrogens with one attached hydrogen (secondary N) is 1. The van der Waals surface area contributed by atoms with Crippen LogP contribution in [0.1, 0.15) is 46.0 Å². The molecule has 0 radical (unpaired) electrons. The Morgan fingerprint density at radius 1 is 1.13 bits per heavy atom. The molecule has 88 valence electrons. The summed E-state index contributed by atoms with van der Waals surface area (Å²) in [7, 11) is 0. The fourth-order valence-corrected chi connectivity index (χ4v) is 2.80. The minimum atomic E-state index is 0.540. The molecule has 2 heteroatoms. The first-order chi connectivity index (χ1) is 7.25. The van der Waals surface area contributed by atoms with Gasteiger partial charge in [0, 0.05) is 6.04 Å². The van der Waals surface area contributed by atoms with Crippen molar-refractivity contribution in [3.8, 4) is 0 Å². The van der Waals surface area contributed by atoms with Crippen LogP contribution in [-0.4, -0.2) is 25.3 Å². The quantitative estimate of drug-likeness (QED) is 0.774. The largest absolute Gasteiger partial charge is 0.377 e. The van der Waals surface area contributed by atoms with Crippen molar-refractivity contribution >= 4 is 0 Å². The lowest BCUT2D eigenvalue weighted by Gasteiger charge is -2.32. The molecule has 0 aromatic carbocycles. The van der Waals surface area contributed by atoms with Crippen LogP contribution in [0.5, 0.6) is 0 Å². The second kappa shape index (κ2) is 5.31. The molecule has 0 amide bonds. The van der Waals surface area contributed by atoms with Gasteiger partial charge in [-0.1, -0.05) is 13.8 Å². The lowest BCUT2D eigenvalue weighted by atomic mass is 9.80. The standard InChI is InChI=1S/C13H25NO/c1-10-5-6-13(8-11(10)2)15-9-12-4-3-7-14-12/h10-14H,3-9H2,1-2H3/t10?,11?,12-,13?/m0/s1. The van der Waals surface area contributed by atoms with Crippen molar-refractivity contribution in [1.82, 2.24) is 5.32 Å². The molecule has 1 saturated carbocycles. The molecule has 2 aliphatic rings. The maximum absolute atomic E-state index is 6.02. The van der Waals surface area contributed by atoms with E-state index in [1.807, 2.05) is 0 Å². The van der Waals surface area contributed by atoms with Crippen LogP contribution in [0.2, 0.25) is 0 Å². The highest BCUT2D eigenvalue weighted by Gasteiger charge is 2.26. The third-order valence-corrected chi connectivity index (χ3v) is 4.25. The Bertz CT molecular complexity index is 189. The second-order valence-electron chi connectivity index (χ2n) is 5.52. The molecular formula is C13H25NO. The number of rotatable bonds is 3. The average molecular weight is 211 g/mol. The lowest BCUT2D eigenvalue weighted by molar-refractivity contribution is -0.00531. The van der Waals surface area contributed by atoms with Gasteiger partial charge in [0.25, 0.3) is 0 Å². The summed E-state index contributed by atoms with van der Waals surface area (Å²) in [6, 6.07) is 0.639. The van der Waals surface area contributed by atoms with E-state index in [1.165, 1.54) is 38.6 Å². The first-order valence-electron chi connectivity index (χ1n) is 6.60. The third-order valence-electron chi connectivity index (χ3n) is 4.25. The molecule has 1 saturated heterocycles. The molecule has 0 aromatic heterocycles. The molecule has 2 nitrogen and oxygen atoms in total. The smallest absolute Gasteiger partial charge is 0.0623 e. The summed E-state index contributed by atoms with van der Waals surface area (Å²) >= 11 is 0. The zero-order valence-corrected chi connectivity index (χ0v) is 10.2. The summed E-state index contributed by atoms with van der Waals surface area (Å²) < 4.78 is 6.02. The maximum Gasteiger partial charge on any atom is 0.0623 e. The Labute approximate surface area is 93.8 Å². The molecule has 1 N–H and O–H groups in total. The second-order valence-corrected chi connectivity index (χ2v) is 5.52. The molecule has 0 bridgehead atoms. The van der Waals surface area contributed by atoms with Gasteiger partial charge in [-0.05, 0) is 50.5 Å². The molecule has 0 aromatic rings. The topological polar surface area (TPSA) is 21.3 Å². The van der Waals surface area contributed by atoms with Gasteiger partial charge in [-0.3, -0.25) is 0 Å².